The lowest BCUT2D eigenvalue weighted by atomic mass is 10.0. The number of fused-ring (bicyclic) bond motifs is 1. The van der Waals surface area contributed by atoms with Crippen LogP contribution in [0.15, 0.2) is 60.0 Å². The van der Waals surface area contributed by atoms with E-state index in [2.05, 4.69) is 27.5 Å². The zero-order valence-electron chi connectivity index (χ0n) is 17.9. The molecule has 8 heteroatoms. The Hall–Kier alpha value is -3.58. The fourth-order valence-electron chi connectivity index (χ4n) is 3.42. The van der Waals surface area contributed by atoms with Crippen LogP contribution in [0.2, 0.25) is 5.15 Å². The molecule has 0 aliphatic heterocycles. The number of benzene rings is 1. The number of aromatic nitrogens is 4. The molecule has 4 rings (SSSR count). The molecule has 162 valence electrons. The highest BCUT2D eigenvalue weighted by atomic mass is 35.5. The average molecular weight is 447 g/mol. The van der Waals surface area contributed by atoms with Gasteiger partial charge >= 0.3 is 0 Å². The van der Waals surface area contributed by atoms with Gasteiger partial charge in [-0.2, -0.15) is 10.2 Å². The minimum Gasteiger partial charge on any atom is -0.267 e. The quantitative estimate of drug-likeness (QED) is 0.319. The molecule has 0 fully saturated rings. The van der Waals surface area contributed by atoms with E-state index in [-0.39, 0.29) is 5.91 Å². The molecule has 0 atom stereocenters. The lowest BCUT2D eigenvalue weighted by Crippen LogP contribution is -2.18. The van der Waals surface area contributed by atoms with Crippen molar-refractivity contribution in [2.45, 2.75) is 33.2 Å². The van der Waals surface area contributed by atoms with E-state index in [1.165, 1.54) is 6.21 Å². The van der Waals surface area contributed by atoms with Crippen molar-refractivity contribution in [3.8, 4) is 11.3 Å². The molecule has 3 aromatic heterocycles. The molecule has 0 aliphatic rings. The van der Waals surface area contributed by atoms with Crippen LogP contribution in [0.25, 0.3) is 22.2 Å². The Labute approximate surface area is 191 Å². The van der Waals surface area contributed by atoms with Gasteiger partial charge in [0.25, 0.3) is 5.91 Å². The molecular formula is C24H23ClN6O. The number of carbonyl (C=O) groups is 1. The van der Waals surface area contributed by atoms with Gasteiger partial charge in [0, 0.05) is 29.9 Å². The van der Waals surface area contributed by atoms with E-state index in [1.54, 1.807) is 23.1 Å². The monoisotopic (exact) mass is 446 g/mol. The molecule has 0 saturated heterocycles. The highest BCUT2D eigenvalue weighted by Gasteiger charge is 2.15. The van der Waals surface area contributed by atoms with E-state index >= 15 is 0 Å². The van der Waals surface area contributed by atoms with E-state index in [1.807, 2.05) is 43.3 Å². The van der Waals surface area contributed by atoms with Gasteiger partial charge < -0.3 is 0 Å². The Kier molecular flexibility index (Phi) is 6.56. The molecule has 0 spiro atoms. The lowest BCUT2D eigenvalue weighted by molar-refractivity contribution is 0.0956. The van der Waals surface area contributed by atoms with Crippen LogP contribution in [0.3, 0.4) is 0 Å². The summed E-state index contributed by atoms with van der Waals surface area (Å²) in [6, 6.07) is 13.0. The molecule has 4 aromatic rings. The van der Waals surface area contributed by atoms with Gasteiger partial charge in [-0.3, -0.25) is 14.5 Å². The van der Waals surface area contributed by atoms with Gasteiger partial charge in [-0.05, 0) is 37.6 Å². The van der Waals surface area contributed by atoms with Crippen molar-refractivity contribution in [2.24, 2.45) is 5.10 Å². The average Bonchev–Trinajstić information content (AvgIpc) is 3.10. The standard InChI is InChI=1S/C24H23ClN6O/c1-3-4-13-31-23(25)20(16(2)30-31)15-27-29-24(32)19-14-22(17-9-11-26-12-10-17)28-21-8-6-5-7-18(19)21/h5-12,14-15H,3-4,13H2,1-2H3,(H,29,32)/b27-15+. The van der Waals surface area contributed by atoms with Crippen LogP contribution >= 0.6 is 11.6 Å². The second kappa shape index (κ2) is 9.70. The van der Waals surface area contributed by atoms with E-state index in [4.69, 9.17) is 16.6 Å². The Bertz CT molecular complexity index is 1280. The Morgan fingerprint density at radius 3 is 2.78 bits per heavy atom. The zero-order valence-corrected chi connectivity index (χ0v) is 18.7. The highest BCUT2D eigenvalue weighted by Crippen LogP contribution is 2.24. The Morgan fingerprint density at radius 1 is 1.22 bits per heavy atom. The van der Waals surface area contributed by atoms with Gasteiger partial charge in [0.15, 0.2) is 0 Å². The van der Waals surface area contributed by atoms with Gasteiger partial charge in [0.05, 0.1) is 34.2 Å². The third-order valence-electron chi connectivity index (χ3n) is 5.13. The maximum Gasteiger partial charge on any atom is 0.272 e. The Balaban J connectivity index is 1.61. The van der Waals surface area contributed by atoms with E-state index in [0.717, 1.165) is 41.5 Å². The number of aryl methyl sites for hydroxylation is 2. The highest BCUT2D eigenvalue weighted by molar-refractivity contribution is 6.32. The summed E-state index contributed by atoms with van der Waals surface area (Å²) in [4.78, 5) is 21.8. The van der Waals surface area contributed by atoms with Crippen molar-refractivity contribution in [1.29, 1.82) is 0 Å². The van der Waals surface area contributed by atoms with Gasteiger partial charge in [-0.25, -0.2) is 10.4 Å². The minimum absolute atomic E-state index is 0.331. The molecule has 32 heavy (non-hydrogen) atoms. The van der Waals surface area contributed by atoms with Crippen molar-refractivity contribution in [2.75, 3.05) is 0 Å². The number of pyridine rings is 2. The summed E-state index contributed by atoms with van der Waals surface area (Å²) in [7, 11) is 0. The third kappa shape index (κ3) is 4.53. The van der Waals surface area contributed by atoms with Gasteiger partial charge in [0.1, 0.15) is 5.15 Å². The second-order valence-corrected chi connectivity index (χ2v) is 7.73. The van der Waals surface area contributed by atoms with E-state index in [9.17, 15) is 4.79 Å². The van der Waals surface area contributed by atoms with Gasteiger partial charge in [-0.15, -0.1) is 0 Å². The van der Waals surface area contributed by atoms with Crippen LogP contribution in [-0.4, -0.2) is 31.9 Å². The summed E-state index contributed by atoms with van der Waals surface area (Å²) < 4.78 is 1.76. The Morgan fingerprint density at radius 2 is 2.00 bits per heavy atom. The van der Waals surface area contributed by atoms with Crippen LogP contribution in [-0.2, 0) is 6.54 Å². The van der Waals surface area contributed by atoms with Crippen LogP contribution < -0.4 is 5.43 Å². The number of nitrogens with zero attached hydrogens (tertiary/aromatic N) is 5. The second-order valence-electron chi connectivity index (χ2n) is 7.37. The maximum atomic E-state index is 13.0. The molecule has 0 saturated carbocycles. The summed E-state index contributed by atoms with van der Waals surface area (Å²) in [5, 5.41) is 9.87. The van der Waals surface area contributed by atoms with Crippen LogP contribution in [0.5, 0.6) is 0 Å². The van der Waals surface area contributed by atoms with Crippen molar-refractivity contribution in [3.05, 3.63) is 76.8 Å². The molecule has 1 aromatic carbocycles. The number of carbonyl (C=O) groups excluding carboxylic acids is 1. The largest absolute Gasteiger partial charge is 0.272 e. The van der Waals surface area contributed by atoms with E-state index in [0.29, 0.717) is 22.0 Å². The topological polar surface area (TPSA) is 85.1 Å². The summed E-state index contributed by atoms with van der Waals surface area (Å²) in [5.41, 5.74) is 6.86. The first-order valence-corrected chi connectivity index (χ1v) is 10.8. The summed E-state index contributed by atoms with van der Waals surface area (Å²) in [6.07, 6.45) is 6.98. The molecule has 0 aliphatic carbocycles. The molecule has 0 bridgehead atoms. The SMILES string of the molecule is CCCCn1nc(C)c(/C=N/NC(=O)c2cc(-c3ccncc3)nc3ccccc23)c1Cl. The number of hydrogen-bond acceptors (Lipinski definition) is 5. The molecule has 1 amide bonds. The summed E-state index contributed by atoms with van der Waals surface area (Å²) >= 11 is 6.45. The normalized spacial score (nSPS) is 11.3. The minimum atomic E-state index is -0.331. The number of nitrogens with one attached hydrogen (secondary N) is 1. The molecule has 1 N–H and O–H groups in total. The first-order valence-electron chi connectivity index (χ1n) is 10.4. The van der Waals surface area contributed by atoms with Crippen molar-refractivity contribution in [3.63, 3.8) is 0 Å². The molecule has 7 nitrogen and oxygen atoms in total. The number of rotatable bonds is 7. The first-order chi connectivity index (χ1) is 15.6. The lowest BCUT2D eigenvalue weighted by Gasteiger charge is -2.08. The zero-order chi connectivity index (χ0) is 22.5. The molecular weight excluding hydrogens is 424 g/mol. The number of hydrazone groups is 1. The number of halogens is 1. The smallest absolute Gasteiger partial charge is 0.267 e. The molecule has 0 unspecified atom stereocenters. The van der Waals surface area contributed by atoms with Crippen LogP contribution in [0, 0.1) is 6.92 Å². The fourth-order valence-corrected chi connectivity index (χ4v) is 3.73. The molecule has 3 heterocycles. The van der Waals surface area contributed by atoms with Crippen molar-refractivity contribution in [1.82, 2.24) is 25.2 Å². The van der Waals surface area contributed by atoms with Crippen LogP contribution in [0.1, 0.15) is 41.4 Å². The number of amides is 1. The fraction of sp³-hybridized carbons (Fsp3) is 0.208. The number of para-hydroxylation sites is 1. The van der Waals surface area contributed by atoms with Gasteiger partial charge in [0.2, 0.25) is 0 Å². The van der Waals surface area contributed by atoms with Crippen molar-refractivity contribution < 1.29 is 4.79 Å². The van der Waals surface area contributed by atoms with Crippen LogP contribution in [0.4, 0.5) is 0 Å². The maximum absolute atomic E-state index is 13.0. The summed E-state index contributed by atoms with van der Waals surface area (Å²) in [5.74, 6) is -0.331. The van der Waals surface area contributed by atoms with Gasteiger partial charge in [-0.1, -0.05) is 43.1 Å². The summed E-state index contributed by atoms with van der Waals surface area (Å²) in [6.45, 7) is 4.73. The van der Waals surface area contributed by atoms with Crippen molar-refractivity contribution >= 4 is 34.6 Å². The third-order valence-corrected chi connectivity index (χ3v) is 5.53. The predicted molar refractivity (Wildman–Crippen MR) is 127 cm³/mol. The first kappa shape index (κ1) is 21.6. The number of hydrogen-bond donors (Lipinski definition) is 1. The van der Waals surface area contributed by atoms with E-state index < -0.39 is 0 Å². The predicted octanol–water partition coefficient (Wildman–Crippen LogP) is 5.02. The molecule has 0 radical (unpaired) electrons. The number of unbranched alkanes of at least 4 members (excludes halogenated alkanes) is 1.